The number of pyridine rings is 1. The Hall–Kier alpha value is -3.55. The fourth-order valence-corrected chi connectivity index (χ4v) is 6.77. The van der Waals surface area contributed by atoms with E-state index in [1.165, 1.54) is 0 Å². The summed E-state index contributed by atoms with van der Waals surface area (Å²) in [6, 6.07) is 17.7. The highest BCUT2D eigenvalue weighted by atomic mass is 16.5. The third kappa shape index (κ3) is 5.41. The van der Waals surface area contributed by atoms with Crippen molar-refractivity contribution in [3.05, 3.63) is 95.3 Å². The maximum absolute atomic E-state index is 14.4. The molecule has 4 unspecified atom stereocenters. The smallest absolute Gasteiger partial charge is 0.257 e. The van der Waals surface area contributed by atoms with Gasteiger partial charge >= 0.3 is 0 Å². The molecule has 2 amide bonds. The molecule has 41 heavy (non-hydrogen) atoms. The summed E-state index contributed by atoms with van der Waals surface area (Å²) in [7, 11) is 0. The molecule has 1 saturated heterocycles. The number of amides is 2. The summed E-state index contributed by atoms with van der Waals surface area (Å²) in [5.41, 5.74) is 4.20. The van der Waals surface area contributed by atoms with Crippen LogP contribution in [-0.4, -0.2) is 40.2 Å². The van der Waals surface area contributed by atoms with Crippen LogP contribution in [0.5, 0.6) is 0 Å². The summed E-state index contributed by atoms with van der Waals surface area (Å²) in [6.45, 7) is 6.44. The molecule has 6 rings (SSSR count). The third-order valence-electron chi connectivity index (χ3n) is 8.98. The zero-order valence-corrected chi connectivity index (χ0v) is 24.0. The molecule has 1 aromatic heterocycles. The van der Waals surface area contributed by atoms with Crippen molar-refractivity contribution < 1.29 is 19.4 Å². The lowest BCUT2D eigenvalue weighted by atomic mass is 9.87. The minimum Gasteiger partial charge on any atom is -0.390 e. The van der Waals surface area contributed by atoms with Crippen molar-refractivity contribution in [2.75, 3.05) is 4.90 Å². The fourth-order valence-electron chi connectivity index (χ4n) is 6.77. The predicted octanol–water partition coefficient (Wildman–Crippen LogP) is 5.19. The standard InChI is InChI=1S/C34H39N3O4/c1-34(2,3)24-13-15-25(16-14-24)37(33(40)29-19-22-9-6-12-28(22)41-29)31(23-10-7-17-35-20-23)32(39)36-30-26-11-5-4-8-21(26)18-27(30)38/h4-5,7-8,10-11,13-17,20,22,27-31,38H,6,9,12,18-19H2,1-3H3,(H,36,39)/t22?,27-,28?,29?,30+,31?/m0/s1. The van der Waals surface area contributed by atoms with E-state index in [0.29, 0.717) is 30.0 Å². The predicted molar refractivity (Wildman–Crippen MR) is 157 cm³/mol. The number of aliphatic hydroxyl groups is 1. The zero-order valence-electron chi connectivity index (χ0n) is 24.0. The summed E-state index contributed by atoms with van der Waals surface area (Å²) in [5, 5.41) is 14.0. The second kappa shape index (κ2) is 11.0. The van der Waals surface area contributed by atoms with Crippen LogP contribution in [0.15, 0.2) is 73.1 Å². The van der Waals surface area contributed by atoms with E-state index in [9.17, 15) is 14.7 Å². The maximum atomic E-state index is 14.4. The second-order valence-corrected chi connectivity index (χ2v) is 12.7. The molecule has 0 spiro atoms. The molecule has 1 aliphatic heterocycles. The van der Waals surface area contributed by atoms with Crippen LogP contribution in [0.2, 0.25) is 0 Å². The number of ether oxygens (including phenoxy) is 1. The van der Waals surface area contributed by atoms with Crippen molar-refractivity contribution >= 4 is 17.5 Å². The number of benzene rings is 2. The van der Waals surface area contributed by atoms with Gasteiger partial charge in [0.25, 0.3) is 5.91 Å². The Labute approximate surface area is 241 Å². The quantitative estimate of drug-likeness (QED) is 0.439. The molecule has 2 aliphatic carbocycles. The maximum Gasteiger partial charge on any atom is 0.257 e. The van der Waals surface area contributed by atoms with Crippen LogP contribution < -0.4 is 10.2 Å². The Morgan fingerprint density at radius 3 is 2.54 bits per heavy atom. The number of hydrogen-bond donors (Lipinski definition) is 2. The largest absolute Gasteiger partial charge is 0.390 e. The van der Waals surface area contributed by atoms with Crippen molar-refractivity contribution in [2.24, 2.45) is 5.92 Å². The highest BCUT2D eigenvalue weighted by molar-refractivity contribution is 6.03. The lowest BCUT2D eigenvalue weighted by molar-refractivity contribution is -0.133. The van der Waals surface area contributed by atoms with Gasteiger partial charge in [0.05, 0.1) is 18.2 Å². The Bertz CT molecular complexity index is 1390. The number of carbonyl (C=O) groups is 2. The molecular formula is C34H39N3O4. The molecule has 0 radical (unpaired) electrons. The van der Waals surface area contributed by atoms with E-state index in [2.05, 4.69) is 31.1 Å². The van der Waals surface area contributed by atoms with E-state index in [0.717, 1.165) is 36.0 Å². The van der Waals surface area contributed by atoms with Crippen LogP contribution in [0, 0.1) is 5.92 Å². The molecule has 7 heteroatoms. The van der Waals surface area contributed by atoms with E-state index < -0.39 is 24.3 Å². The lowest BCUT2D eigenvalue weighted by Gasteiger charge is -2.34. The van der Waals surface area contributed by atoms with Gasteiger partial charge in [0, 0.05) is 30.1 Å². The molecule has 7 nitrogen and oxygen atoms in total. The van der Waals surface area contributed by atoms with Crippen LogP contribution in [0.25, 0.3) is 0 Å². The topological polar surface area (TPSA) is 91.8 Å². The minimum atomic E-state index is -0.999. The van der Waals surface area contributed by atoms with Gasteiger partial charge in [0.1, 0.15) is 12.1 Å². The number of rotatable bonds is 6. The molecule has 0 bridgehead atoms. The summed E-state index contributed by atoms with van der Waals surface area (Å²) in [4.78, 5) is 34.6. The van der Waals surface area contributed by atoms with Crippen LogP contribution in [0.4, 0.5) is 5.69 Å². The van der Waals surface area contributed by atoms with Gasteiger partial charge in [-0.1, -0.05) is 69.7 Å². The van der Waals surface area contributed by atoms with E-state index in [1.807, 2.05) is 54.6 Å². The molecule has 214 valence electrons. The molecule has 3 aromatic rings. The minimum absolute atomic E-state index is 0.0640. The summed E-state index contributed by atoms with van der Waals surface area (Å²) in [5.74, 6) is -0.214. The first kappa shape index (κ1) is 27.6. The number of nitrogens with one attached hydrogen (secondary N) is 1. The van der Waals surface area contributed by atoms with Crippen LogP contribution in [0.3, 0.4) is 0 Å². The van der Waals surface area contributed by atoms with Crippen molar-refractivity contribution in [1.29, 1.82) is 0 Å². The molecule has 2 aromatic carbocycles. The number of carbonyl (C=O) groups excluding carboxylic acids is 2. The number of hydrogen-bond acceptors (Lipinski definition) is 5. The number of aromatic nitrogens is 1. The first-order valence-electron chi connectivity index (χ1n) is 14.8. The third-order valence-corrected chi connectivity index (χ3v) is 8.98. The van der Waals surface area contributed by atoms with Gasteiger partial charge in [-0.15, -0.1) is 0 Å². The Morgan fingerprint density at radius 2 is 1.83 bits per heavy atom. The number of fused-ring (bicyclic) bond motifs is 2. The zero-order chi connectivity index (χ0) is 28.7. The summed E-state index contributed by atoms with van der Waals surface area (Å²) >= 11 is 0. The fraction of sp³-hybridized carbons (Fsp3) is 0.441. The van der Waals surface area contributed by atoms with Gasteiger partial charge in [-0.25, -0.2) is 0 Å². The van der Waals surface area contributed by atoms with Crippen LogP contribution >= 0.6 is 0 Å². The van der Waals surface area contributed by atoms with Gasteiger partial charge in [-0.05, 0) is 65.5 Å². The highest BCUT2D eigenvalue weighted by Crippen LogP contribution is 2.41. The van der Waals surface area contributed by atoms with Gasteiger partial charge in [-0.2, -0.15) is 0 Å². The van der Waals surface area contributed by atoms with Gasteiger partial charge < -0.3 is 15.2 Å². The van der Waals surface area contributed by atoms with Gasteiger partial charge in [0.15, 0.2) is 0 Å². The Kier molecular flexibility index (Phi) is 7.43. The molecule has 2 fully saturated rings. The monoisotopic (exact) mass is 553 g/mol. The lowest BCUT2D eigenvalue weighted by Crippen LogP contribution is -2.49. The average Bonchev–Trinajstić information content (AvgIpc) is 3.65. The molecule has 1 saturated carbocycles. The molecule has 6 atom stereocenters. The first-order chi connectivity index (χ1) is 19.7. The van der Waals surface area contributed by atoms with Crippen molar-refractivity contribution in [3.63, 3.8) is 0 Å². The average molecular weight is 554 g/mol. The van der Waals surface area contributed by atoms with Crippen LogP contribution in [-0.2, 0) is 26.2 Å². The number of nitrogens with zero attached hydrogens (tertiary/aromatic N) is 2. The normalized spacial score (nSPS) is 25.8. The molecular weight excluding hydrogens is 514 g/mol. The molecule has 2 heterocycles. The summed E-state index contributed by atoms with van der Waals surface area (Å²) in [6.07, 6.45) is 6.32. The van der Waals surface area contributed by atoms with Gasteiger partial charge in [0.2, 0.25) is 5.91 Å². The number of aliphatic hydroxyl groups excluding tert-OH is 1. The van der Waals surface area contributed by atoms with Gasteiger partial charge in [-0.3, -0.25) is 19.5 Å². The highest BCUT2D eigenvalue weighted by Gasteiger charge is 2.46. The second-order valence-electron chi connectivity index (χ2n) is 12.7. The molecule has 2 N–H and O–H groups in total. The number of anilines is 1. The summed E-state index contributed by atoms with van der Waals surface area (Å²) < 4.78 is 6.31. The Morgan fingerprint density at radius 1 is 1.05 bits per heavy atom. The van der Waals surface area contributed by atoms with E-state index in [1.54, 1.807) is 23.4 Å². The van der Waals surface area contributed by atoms with Crippen molar-refractivity contribution in [3.8, 4) is 0 Å². The first-order valence-corrected chi connectivity index (χ1v) is 14.8. The Balaban J connectivity index is 1.40. The SMILES string of the molecule is CC(C)(C)c1ccc(N(C(=O)C2CC3CCCC3O2)C(C(=O)N[C@@H]2c3ccccc3C[C@@H]2O)c2cccnc2)cc1. The van der Waals surface area contributed by atoms with E-state index >= 15 is 0 Å². The molecule has 3 aliphatic rings. The van der Waals surface area contributed by atoms with E-state index in [-0.39, 0.29) is 23.3 Å². The van der Waals surface area contributed by atoms with E-state index in [4.69, 9.17) is 4.74 Å². The van der Waals surface area contributed by atoms with Crippen molar-refractivity contribution in [2.45, 2.75) is 88.7 Å². The van der Waals surface area contributed by atoms with Crippen LogP contribution in [0.1, 0.15) is 80.8 Å². The van der Waals surface area contributed by atoms with Crippen molar-refractivity contribution in [1.82, 2.24) is 10.3 Å².